The van der Waals surface area contributed by atoms with E-state index in [1.54, 1.807) is 60.7 Å². The minimum absolute atomic E-state index is 0.0462. The molecule has 12 nitrogen and oxygen atoms in total. The van der Waals surface area contributed by atoms with Crippen molar-refractivity contribution in [2.24, 2.45) is 0 Å². The molecule has 0 heterocycles. The van der Waals surface area contributed by atoms with E-state index in [0.717, 1.165) is 22.3 Å². The first-order valence-electron chi connectivity index (χ1n) is 13.4. The third-order valence-electron chi connectivity index (χ3n) is 6.55. The van der Waals surface area contributed by atoms with Crippen molar-refractivity contribution in [1.82, 2.24) is 9.44 Å². The summed E-state index contributed by atoms with van der Waals surface area (Å²) in [7, 11) is -5.33. The number of aryl methyl sites for hydroxylation is 2. The van der Waals surface area contributed by atoms with Crippen LogP contribution < -0.4 is 29.6 Å². The minimum atomic E-state index is -4.08. The molecule has 0 atom stereocenters. The van der Waals surface area contributed by atoms with Crippen LogP contribution in [0, 0.1) is 13.8 Å². The van der Waals surface area contributed by atoms with Crippen LogP contribution in [-0.2, 0) is 26.5 Å². The SMILES string of the molecule is COc1cc(Cc2ccc(NC(=O)NS(=O)(=O)c3ccc(C)cc3)c(OC)c2)ccc1NC(=O)NS(=O)(=O)c1ccc(C)cc1. The van der Waals surface area contributed by atoms with Crippen molar-refractivity contribution in [2.45, 2.75) is 30.1 Å². The van der Waals surface area contributed by atoms with Crippen LogP contribution in [0.5, 0.6) is 11.5 Å². The monoisotopic (exact) mass is 652 g/mol. The maximum atomic E-state index is 12.6. The fraction of sp³-hybridized carbons (Fsp3) is 0.161. The first-order chi connectivity index (χ1) is 21.3. The Morgan fingerprint density at radius 2 is 0.933 bits per heavy atom. The van der Waals surface area contributed by atoms with Crippen molar-refractivity contribution in [2.75, 3.05) is 24.9 Å². The summed E-state index contributed by atoms with van der Waals surface area (Å²) < 4.78 is 65.0. The average Bonchev–Trinajstić information content (AvgIpc) is 2.98. The molecule has 0 fully saturated rings. The summed E-state index contributed by atoms with van der Waals surface area (Å²) in [6.07, 6.45) is 0.398. The number of methoxy groups -OCH3 is 2. The van der Waals surface area contributed by atoms with Gasteiger partial charge in [0.2, 0.25) is 0 Å². The molecule has 4 aromatic carbocycles. The highest BCUT2D eigenvalue weighted by atomic mass is 32.2. The second-order valence-electron chi connectivity index (χ2n) is 9.99. The van der Waals surface area contributed by atoms with E-state index < -0.39 is 32.1 Å². The predicted molar refractivity (Wildman–Crippen MR) is 170 cm³/mol. The summed E-state index contributed by atoms with van der Waals surface area (Å²) in [4.78, 5) is 24.9. The summed E-state index contributed by atoms with van der Waals surface area (Å²) >= 11 is 0. The molecule has 0 aliphatic heterocycles. The lowest BCUT2D eigenvalue weighted by Crippen LogP contribution is -2.34. The van der Waals surface area contributed by atoms with E-state index in [1.165, 1.54) is 38.5 Å². The second kappa shape index (κ2) is 13.7. The molecule has 0 aliphatic carbocycles. The van der Waals surface area contributed by atoms with Crippen molar-refractivity contribution >= 4 is 43.5 Å². The van der Waals surface area contributed by atoms with Crippen LogP contribution in [0.2, 0.25) is 0 Å². The third kappa shape index (κ3) is 8.52. The van der Waals surface area contributed by atoms with Gasteiger partial charge in [-0.3, -0.25) is 0 Å². The van der Waals surface area contributed by atoms with E-state index >= 15 is 0 Å². The van der Waals surface area contributed by atoms with Crippen LogP contribution in [0.4, 0.5) is 21.0 Å². The Bertz CT molecular complexity index is 1790. The summed E-state index contributed by atoms with van der Waals surface area (Å²) in [5.41, 5.74) is 3.83. The van der Waals surface area contributed by atoms with Gasteiger partial charge in [-0.2, -0.15) is 0 Å². The Hall–Kier alpha value is -5.08. The second-order valence-corrected chi connectivity index (χ2v) is 13.4. The van der Waals surface area contributed by atoms with Crippen molar-refractivity contribution in [3.8, 4) is 11.5 Å². The fourth-order valence-electron chi connectivity index (χ4n) is 4.23. The normalized spacial score (nSPS) is 11.3. The molecule has 0 saturated carbocycles. The fourth-order valence-corrected chi connectivity index (χ4v) is 6.04. The molecular weight excluding hydrogens is 620 g/mol. The maximum Gasteiger partial charge on any atom is 0.333 e. The molecule has 236 valence electrons. The summed E-state index contributed by atoms with van der Waals surface area (Å²) in [6.45, 7) is 3.64. The zero-order chi connectivity index (χ0) is 32.8. The number of carbonyl (C=O) groups is 2. The van der Waals surface area contributed by atoms with Crippen molar-refractivity contribution in [1.29, 1.82) is 0 Å². The van der Waals surface area contributed by atoms with Crippen LogP contribution in [0.15, 0.2) is 94.7 Å². The molecule has 4 rings (SSSR count). The van der Waals surface area contributed by atoms with E-state index in [0.29, 0.717) is 17.9 Å². The van der Waals surface area contributed by atoms with Gasteiger partial charge in [-0.25, -0.2) is 35.9 Å². The molecular formula is C31H32N4O8S2. The van der Waals surface area contributed by atoms with Crippen LogP contribution in [0.25, 0.3) is 0 Å². The number of rotatable bonds is 10. The number of sulfonamides is 2. The molecule has 4 amide bonds. The number of hydrogen-bond acceptors (Lipinski definition) is 8. The Morgan fingerprint density at radius 3 is 1.27 bits per heavy atom. The number of anilines is 2. The molecule has 45 heavy (non-hydrogen) atoms. The zero-order valence-electron chi connectivity index (χ0n) is 24.9. The number of amides is 4. The van der Waals surface area contributed by atoms with Crippen LogP contribution in [0.3, 0.4) is 0 Å². The number of hydrogen-bond donors (Lipinski definition) is 4. The van der Waals surface area contributed by atoms with Crippen LogP contribution in [0.1, 0.15) is 22.3 Å². The van der Waals surface area contributed by atoms with Gasteiger partial charge in [0.15, 0.2) is 0 Å². The molecule has 4 N–H and O–H groups in total. The van der Waals surface area contributed by atoms with E-state index in [4.69, 9.17) is 9.47 Å². The quantitative estimate of drug-likeness (QED) is 0.187. The van der Waals surface area contributed by atoms with Gasteiger partial charge in [0.05, 0.1) is 35.4 Å². The first kappa shape index (κ1) is 32.8. The number of nitrogens with one attached hydrogen (secondary N) is 4. The van der Waals surface area contributed by atoms with Gasteiger partial charge < -0.3 is 20.1 Å². The van der Waals surface area contributed by atoms with E-state index in [9.17, 15) is 26.4 Å². The number of benzene rings is 4. The molecule has 4 aromatic rings. The maximum absolute atomic E-state index is 12.6. The number of urea groups is 2. The Morgan fingerprint density at radius 1 is 0.578 bits per heavy atom. The molecule has 0 aromatic heterocycles. The topological polar surface area (TPSA) is 169 Å². The first-order valence-corrected chi connectivity index (χ1v) is 16.4. The Labute approximate surface area is 261 Å². The van der Waals surface area contributed by atoms with Gasteiger partial charge in [0.25, 0.3) is 20.0 Å². The smallest absolute Gasteiger partial charge is 0.333 e. The predicted octanol–water partition coefficient (Wildman–Crippen LogP) is 4.93. The molecule has 0 aliphatic rings. The van der Waals surface area contributed by atoms with Gasteiger partial charge >= 0.3 is 12.1 Å². The molecule has 14 heteroatoms. The van der Waals surface area contributed by atoms with E-state index in [-0.39, 0.29) is 21.2 Å². The van der Waals surface area contributed by atoms with Gasteiger partial charge in [-0.1, -0.05) is 47.5 Å². The lowest BCUT2D eigenvalue weighted by atomic mass is 10.0. The van der Waals surface area contributed by atoms with Gasteiger partial charge in [0, 0.05) is 0 Å². The highest BCUT2D eigenvalue weighted by molar-refractivity contribution is 7.90. The highest BCUT2D eigenvalue weighted by Crippen LogP contribution is 2.30. The zero-order valence-corrected chi connectivity index (χ0v) is 26.5. The van der Waals surface area contributed by atoms with E-state index in [1.807, 2.05) is 23.3 Å². The molecule has 0 unspecified atom stereocenters. The van der Waals surface area contributed by atoms with Gasteiger partial charge in [-0.05, 0) is 79.9 Å². The summed E-state index contributed by atoms with van der Waals surface area (Å²) in [6, 6.07) is 20.2. The van der Waals surface area contributed by atoms with Crippen LogP contribution >= 0.6 is 0 Å². The van der Waals surface area contributed by atoms with Crippen molar-refractivity contribution in [3.05, 3.63) is 107 Å². The molecule has 0 saturated heterocycles. The van der Waals surface area contributed by atoms with E-state index in [2.05, 4.69) is 10.6 Å². The molecule has 0 spiro atoms. The molecule has 0 radical (unpaired) electrons. The Kier molecular flexibility index (Phi) is 9.99. The average molecular weight is 653 g/mol. The lowest BCUT2D eigenvalue weighted by molar-refractivity contribution is 0.255. The van der Waals surface area contributed by atoms with Crippen molar-refractivity contribution < 1.29 is 35.9 Å². The van der Waals surface area contributed by atoms with Gasteiger partial charge in [-0.15, -0.1) is 0 Å². The summed E-state index contributed by atoms with van der Waals surface area (Å²) in [5.74, 6) is 0.596. The Balaban J connectivity index is 1.42. The van der Waals surface area contributed by atoms with Gasteiger partial charge in [0.1, 0.15) is 11.5 Å². The summed E-state index contributed by atoms with van der Waals surface area (Å²) in [5, 5.41) is 5.00. The minimum Gasteiger partial charge on any atom is -0.495 e. The van der Waals surface area contributed by atoms with Crippen molar-refractivity contribution in [3.63, 3.8) is 0 Å². The third-order valence-corrected chi connectivity index (χ3v) is 9.25. The molecule has 0 bridgehead atoms. The number of ether oxygens (including phenoxy) is 2. The standard InChI is InChI=1S/C31H32N4O8S2/c1-20-5-11-24(12-6-20)44(38,39)34-30(36)32-26-15-9-22(18-28(26)42-3)17-23-10-16-27(29(19-23)43-4)33-31(37)35-45(40,41)25-13-7-21(2)8-14-25/h5-16,18-19H,17H2,1-4H3,(H2,32,34,36)(H2,33,35,37). The lowest BCUT2D eigenvalue weighted by Gasteiger charge is -2.15. The largest absolute Gasteiger partial charge is 0.495 e. The number of carbonyl (C=O) groups excluding carboxylic acids is 2. The van der Waals surface area contributed by atoms with Crippen LogP contribution in [-0.4, -0.2) is 43.1 Å². The highest BCUT2D eigenvalue weighted by Gasteiger charge is 2.20.